The minimum atomic E-state index is -5.17. The molecule has 0 unspecified atom stereocenters. The normalized spacial score (nSPS) is 11.1. The summed E-state index contributed by atoms with van der Waals surface area (Å²) in [6, 6.07) is 6.47. The molecular weight excluding hydrogens is 481 g/mol. The highest BCUT2D eigenvalue weighted by Crippen LogP contribution is 2.41. The van der Waals surface area contributed by atoms with Crippen molar-refractivity contribution in [3.63, 3.8) is 0 Å². The second-order valence-electron chi connectivity index (χ2n) is 6.88. The number of alkyl halides is 3. The number of hydrogen-bond donors (Lipinski definition) is 2. The van der Waals surface area contributed by atoms with Crippen LogP contribution in [0.1, 0.15) is 26.4 Å². The van der Waals surface area contributed by atoms with Crippen LogP contribution in [0.15, 0.2) is 42.6 Å². The van der Waals surface area contributed by atoms with E-state index in [9.17, 15) is 31.5 Å². The maximum absolute atomic E-state index is 15.0. The molecule has 0 spiro atoms. The van der Waals surface area contributed by atoms with Crippen molar-refractivity contribution in [1.29, 1.82) is 0 Å². The molecular formula is C22H16F5N3O5. The van der Waals surface area contributed by atoms with Crippen LogP contribution in [0.25, 0.3) is 0 Å². The van der Waals surface area contributed by atoms with Crippen molar-refractivity contribution in [2.75, 3.05) is 12.4 Å². The lowest BCUT2D eigenvalue weighted by atomic mass is 10.1. The van der Waals surface area contributed by atoms with E-state index >= 15 is 0 Å². The molecule has 184 valence electrons. The van der Waals surface area contributed by atoms with E-state index in [0.717, 1.165) is 19.2 Å². The van der Waals surface area contributed by atoms with E-state index in [0.29, 0.717) is 6.07 Å². The summed E-state index contributed by atoms with van der Waals surface area (Å²) in [6.45, 7) is 1.37. The predicted molar refractivity (Wildman–Crippen MR) is 112 cm³/mol. The second kappa shape index (κ2) is 9.83. The first kappa shape index (κ1) is 25.2. The lowest BCUT2D eigenvalue weighted by Crippen LogP contribution is -2.18. The Hall–Kier alpha value is -4.42. The third kappa shape index (κ3) is 5.75. The number of benzene rings is 2. The molecule has 0 saturated heterocycles. The number of aryl methyl sites for hydroxylation is 1. The van der Waals surface area contributed by atoms with Gasteiger partial charge in [-0.15, -0.1) is 13.2 Å². The third-order valence-corrected chi connectivity index (χ3v) is 4.47. The molecule has 0 radical (unpaired) electrons. The minimum absolute atomic E-state index is 0.0575. The number of ether oxygens (including phenoxy) is 3. The Kier molecular flexibility index (Phi) is 7.08. The number of nitrogens with zero attached hydrogens (tertiary/aromatic N) is 1. The average Bonchev–Trinajstić information content (AvgIpc) is 2.77. The van der Waals surface area contributed by atoms with Gasteiger partial charge in [-0.1, -0.05) is 6.07 Å². The van der Waals surface area contributed by atoms with Crippen LogP contribution in [0.2, 0.25) is 0 Å². The number of hydrogen-bond acceptors (Lipinski definition) is 6. The largest absolute Gasteiger partial charge is 0.573 e. The number of nitrogens with two attached hydrogens (primary N) is 1. The molecule has 3 aromatic rings. The molecule has 2 aromatic carbocycles. The van der Waals surface area contributed by atoms with Gasteiger partial charge in [-0.05, 0) is 42.8 Å². The SMILES string of the molecule is COc1c(Oc2ccc(C)c(F)c2C(=O)Nc2ccnc(C(N)=O)c2)ccc(OC(F)(F)F)c1F. The van der Waals surface area contributed by atoms with E-state index in [1.165, 1.54) is 31.3 Å². The fourth-order valence-corrected chi connectivity index (χ4v) is 2.91. The number of rotatable bonds is 7. The summed E-state index contributed by atoms with van der Waals surface area (Å²) in [6.07, 6.45) is -3.97. The van der Waals surface area contributed by atoms with E-state index in [2.05, 4.69) is 15.0 Å². The second-order valence-corrected chi connectivity index (χ2v) is 6.88. The summed E-state index contributed by atoms with van der Waals surface area (Å²) in [7, 11) is 0.964. The Labute approximate surface area is 194 Å². The highest BCUT2D eigenvalue weighted by Gasteiger charge is 2.34. The standard InChI is InChI=1S/C22H16F5N3O5/c1-10-3-4-13(34-15-6-5-14(35-22(25,26)27)18(24)19(15)33-2)16(17(10)23)21(32)30-11-7-8-29-12(9-11)20(28)31/h3-9H,1-2H3,(H2,28,31)(H,29,30,32). The van der Waals surface area contributed by atoms with Gasteiger partial charge in [0.15, 0.2) is 11.5 Å². The Morgan fingerprint density at radius 3 is 2.29 bits per heavy atom. The van der Waals surface area contributed by atoms with E-state index in [4.69, 9.17) is 15.2 Å². The van der Waals surface area contributed by atoms with Crippen LogP contribution in [-0.2, 0) is 0 Å². The molecule has 0 atom stereocenters. The zero-order valence-corrected chi connectivity index (χ0v) is 18.0. The van der Waals surface area contributed by atoms with Crippen LogP contribution < -0.4 is 25.3 Å². The number of aromatic nitrogens is 1. The molecule has 3 rings (SSSR count). The quantitative estimate of drug-likeness (QED) is 0.457. The molecule has 1 heterocycles. The topological polar surface area (TPSA) is 113 Å². The number of halogens is 5. The molecule has 0 aliphatic rings. The molecule has 8 nitrogen and oxygen atoms in total. The summed E-state index contributed by atoms with van der Waals surface area (Å²) >= 11 is 0. The van der Waals surface area contributed by atoms with Gasteiger partial charge in [-0.3, -0.25) is 14.6 Å². The van der Waals surface area contributed by atoms with E-state index < -0.39 is 58.4 Å². The number of pyridine rings is 1. The van der Waals surface area contributed by atoms with Gasteiger partial charge in [0.05, 0.1) is 7.11 Å². The first-order valence-corrected chi connectivity index (χ1v) is 9.57. The van der Waals surface area contributed by atoms with E-state index in [1.54, 1.807) is 0 Å². The predicted octanol–water partition coefficient (Wildman–Crippen LogP) is 4.72. The maximum atomic E-state index is 15.0. The average molecular weight is 497 g/mol. The van der Waals surface area contributed by atoms with Crippen molar-refractivity contribution in [2.24, 2.45) is 5.73 Å². The summed E-state index contributed by atoms with van der Waals surface area (Å²) in [4.78, 5) is 27.9. The molecule has 35 heavy (non-hydrogen) atoms. The van der Waals surface area contributed by atoms with Crippen LogP contribution in [0.5, 0.6) is 23.0 Å². The summed E-state index contributed by atoms with van der Waals surface area (Å²) in [5, 5.41) is 2.37. The summed E-state index contributed by atoms with van der Waals surface area (Å²) < 4.78 is 80.9. The molecule has 0 saturated carbocycles. The molecule has 1 aromatic heterocycles. The molecule has 3 N–H and O–H groups in total. The van der Waals surface area contributed by atoms with Gasteiger partial charge < -0.3 is 25.3 Å². The van der Waals surface area contributed by atoms with Crippen molar-refractivity contribution >= 4 is 17.5 Å². The van der Waals surface area contributed by atoms with Crippen molar-refractivity contribution in [2.45, 2.75) is 13.3 Å². The molecule has 0 fully saturated rings. The summed E-state index contributed by atoms with van der Waals surface area (Å²) in [5.41, 5.74) is 4.50. The Morgan fingerprint density at radius 2 is 1.66 bits per heavy atom. The van der Waals surface area contributed by atoms with Crippen molar-refractivity contribution in [3.05, 3.63) is 71.1 Å². The van der Waals surface area contributed by atoms with Crippen molar-refractivity contribution < 1.29 is 45.8 Å². The lowest BCUT2D eigenvalue weighted by molar-refractivity contribution is -0.275. The van der Waals surface area contributed by atoms with Gasteiger partial charge in [-0.2, -0.15) is 4.39 Å². The highest BCUT2D eigenvalue weighted by atomic mass is 19.4. The fraction of sp³-hybridized carbons (Fsp3) is 0.136. The molecule has 0 aliphatic heterocycles. The van der Waals surface area contributed by atoms with Crippen LogP contribution in [0, 0.1) is 18.6 Å². The van der Waals surface area contributed by atoms with Crippen LogP contribution >= 0.6 is 0 Å². The number of anilines is 1. The molecule has 2 amide bonds. The van der Waals surface area contributed by atoms with Crippen molar-refractivity contribution in [3.8, 4) is 23.0 Å². The zero-order valence-electron chi connectivity index (χ0n) is 18.0. The lowest BCUT2D eigenvalue weighted by Gasteiger charge is -2.17. The van der Waals surface area contributed by atoms with E-state index in [1.807, 2.05) is 0 Å². The fourth-order valence-electron chi connectivity index (χ4n) is 2.91. The molecule has 0 aliphatic carbocycles. The zero-order chi connectivity index (χ0) is 25.9. The van der Waals surface area contributed by atoms with Gasteiger partial charge in [0, 0.05) is 11.9 Å². The Balaban J connectivity index is 2.00. The monoisotopic (exact) mass is 497 g/mol. The summed E-state index contributed by atoms with van der Waals surface area (Å²) in [5.74, 6) is -7.22. The van der Waals surface area contributed by atoms with Gasteiger partial charge in [0.2, 0.25) is 11.6 Å². The number of primary amides is 1. The molecule has 13 heteroatoms. The highest BCUT2D eigenvalue weighted by molar-refractivity contribution is 6.07. The van der Waals surface area contributed by atoms with Crippen LogP contribution in [-0.4, -0.2) is 30.3 Å². The van der Waals surface area contributed by atoms with Crippen LogP contribution in [0.3, 0.4) is 0 Å². The van der Waals surface area contributed by atoms with Gasteiger partial charge in [-0.25, -0.2) is 4.39 Å². The van der Waals surface area contributed by atoms with Crippen LogP contribution in [0.4, 0.5) is 27.6 Å². The van der Waals surface area contributed by atoms with Crippen molar-refractivity contribution in [1.82, 2.24) is 4.98 Å². The first-order chi connectivity index (χ1) is 16.4. The Morgan fingerprint density at radius 1 is 1.00 bits per heavy atom. The third-order valence-electron chi connectivity index (χ3n) is 4.47. The number of carbonyl (C=O) groups excluding carboxylic acids is 2. The van der Waals surface area contributed by atoms with E-state index in [-0.39, 0.29) is 16.9 Å². The van der Waals surface area contributed by atoms with Gasteiger partial charge >= 0.3 is 6.36 Å². The van der Waals surface area contributed by atoms with Gasteiger partial charge in [0.1, 0.15) is 22.8 Å². The number of amides is 2. The van der Waals surface area contributed by atoms with Gasteiger partial charge in [0.25, 0.3) is 11.8 Å². The number of nitrogens with one attached hydrogen (secondary N) is 1. The molecule has 0 bridgehead atoms. The smallest absolute Gasteiger partial charge is 0.490 e. The Bertz CT molecular complexity index is 1300. The maximum Gasteiger partial charge on any atom is 0.573 e. The minimum Gasteiger partial charge on any atom is -0.490 e. The first-order valence-electron chi connectivity index (χ1n) is 9.57. The number of carbonyl (C=O) groups is 2. The number of methoxy groups -OCH3 is 1.